The van der Waals surface area contributed by atoms with E-state index in [0.29, 0.717) is 6.42 Å². The van der Waals surface area contributed by atoms with Crippen LogP contribution in [0.1, 0.15) is 78.5 Å². The van der Waals surface area contributed by atoms with Gasteiger partial charge in [0.2, 0.25) is 0 Å². The van der Waals surface area contributed by atoms with Crippen molar-refractivity contribution >= 4 is 12.1 Å². The van der Waals surface area contributed by atoms with E-state index >= 15 is 0 Å². The first-order valence-electron chi connectivity index (χ1n) is 9.51. The van der Waals surface area contributed by atoms with Gasteiger partial charge in [-0.2, -0.15) is 0 Å². The number of aliphatic carboxylic acids is 1. The zero-order chi connectivity index (χ0) is 21.0. The second kappa shape index (κ2) is 8.77. The number of rotatable bonds is 6. The third kappa shape index (κ3) is 7.61. The minimum atomic E-state index is -1.05. The van der Waals surface area contributed by atoms with Gasteiger partial charge in [0.15, 0.2) is 0 Å². The van der Waals surface area contributed by atoms with Crippen LogP contribution in [0.5, 0.6) is 0 Å². The Kier molecular flexibility index (Phi) is 7.47. The van der Waals surface area contributed by atoms with E-state index in [4.69, 9.17) is 4.74 Å². The molecule has 5 nitrogen and oxygen atoms in total. The van der Waals surface area contributed by atoms with Crippen molar-refractivity contribution in [1.29, 1.82) is 0 Å². The fraction of sp³-hybridized carbons (Fsp3) is 0.636. The molecular formula is C22H35NO4. The fourth-order valence-corrected chi connectivity index (χ4v) is 2.67. The number of amides is 1. The Morgan fingerprint density at radius 3 is 1.85 bits per heavy atom. The monoisotopic (exact) mass is 377 g/mol. The first-order valence-corrected chi connectivity index (χ1v) is 9.51. The van der Waals surface area contributed by atoms with Gasteiger partial charge in [-0.15, -0.1) is 0 Å². The van der Waals surface area contributed by atoms with Crippen molar-refractivity contribution in [2.24, 2.45) is 5.92 Å². The number of ether oxygens (including phenoxy) is 1. The van der Waals surface area contributed by atoms with E-state index in [1.165, 1.54) is 11.1 Å². The topological polar surface area (TPSA) is 75.6 Å². The molecule has 1 aromatic rings. The van der Waals surface area contributed by atoms with Crippen LogP contribution in [-0.2, 0) is 27.0 Å². The molecule has 0 aliphatic carbocycles. The van der Waals surface area contributed by atoms with Crippen LogP contribution in [0, 0.1) is 5.92 Å². The van der Waals surface area contributed by atoms with E-state index in [0.717, 1.165) is 5.56 Å². The predicted octanol–water partition coefficient (Wildman–Crippen LogP) is 5.01. The number of benzene rings is 1. The summed E-state index contributed by atoms with van der Waals surface area (Å²) >= 11 is 0. The molecule has 27 heavy (non-hydrogen) atoms. The molecule has 1 rings (SSSR count). The van der Waals surface area contributed by atoms with Crippen LogP contribution < -0.4 is 5.32 Å². The van der Waals surface area contributed by atoms with Crippen LogP contribution in [0.15, 0.2) is 18.2 Å². The molecule has 0 saturated heterocycles. The van der Waals surface area contributed by atoms with Gasteiger partial charge in [-0.25, -0.2) is 9.59 Å². The lowest BCUT2D eigenvalue weighted by molar-refractivity contribution is -0.139. The van der Waals surface area contributed by atoms with E-state index in [-0.39, 0.29) is 23.4 Å². The van der Waals surface area contributed by atoms with Gasteiger partial charge in [0, 0.05) is 0 Å². The molecular weight excluding hydrogens is 342 g/mol. The van der Waals surface area contributed by atoms with Gasteiger partial charge in [-0.1, -0.05) is 73.6 Å². The van der Waals surface area contributed by atoms with Crippen molar-refractivity contribution in [1.82, 2.24) is 5.32 Å². The number of alkyl carbamates (subject to hydrolysis) is 1. The molecule has 0 aliphatic rings. The Morgan fingerprint density at radius 1 is 1.00 bits per heavy atom. The predicted molar refractivity (Wildman–Crippen MR) is 108 cm³/mol. The van der Waals surface area contributed by atoms with Crippen LogP contribution in [-0.4, -0.2) is 23.2 Å². The number of hydrogen-bond donors (Lipinski definition) is 2. The Bertz CT molecular complexity index is 634. The molecule has 152 valence electrons. The summed E-state index contributed by atoms with van der Waals surface area (Å²) in [5.41, 5.74) is 3.21. The largest absolute Gasteiger partial charge is 0.480 e. The highest BCUT2D eigenvalue weighted by Crippen LogP contribution is 2.30. The van der Waals surface area contributed by atoms with Gasteiger partial charge in [0.1, 0.15) is 12.6 Å². The molecule has 0 spiro atoms. The number of carbonyl (C=O) groups is 2. The standard InChI is InChI=1S/C22H35NO4/c1-14(2)9-18(19(24)25)23-20(26)27-13-15-10-16(21(3,4)5)12-17(11-15)22(6,7)8/h10-12,14,18H,9,13H2,1-8H3,(H,23,26)(H,24,25). The fourth-order valence-electron chi connectivity index (χ4n) is 2.67. The minimum absolute atomic E-state index is 0.0239. The van der Waals surface area contributed by atoms with E-state index in [1.807, 2.05) is 26.0 Å². The van der Waals surface area contributed by atoms with Gasteiger partial charge >= 0.3 is 12.1 Å². The summed E-state index contributed by atoms with van der Waals surface area (Å²) < 4.78 is 5.31. The molecule has 2 N–H and O–H groups in total. The SMILES string of the molecule is CC(C)CC(NC(=O)OCc1cc(C(C)(C)C)cc(C(C)(C)C)c1)C(=O)O. The van der Waals surface area contributed by atoms with Crippen molar-refractivity contribution in [2.45, 2.75) is 85.3 Å². The van der Waals surface area contributed by atoms with E-state index < -0.39 is 18.1 Å². The zero-order valence-electron chi connectivity index (χ0n) is 18.0. The summed E-state index contributed by atoms with van der Waals surface area (Å²) in [6.07, 6.45) is -0.348. The average Bonchev–Trinajstić information content (AvgIpc) is 2.49. The minimum Gasteiger partial charge on any atom is -0.480 e. The van der Waals surface area contributed by atoms with Crippen LogP contribution >= 0.6 is 0 Å². The van der Waals surface area contributed by atoms with Crippen molar-refractivity contribution in [2.75, 3.05) is 0 Å². The first kappa shape index (κ1) is 23.0. The second-order valence-corrected chi connectivity index (χ2v) is 9.66. The molecule has 0 heterocycles. The summed E-state index contributed by atoms with van der Waals surface area (Å²) in [6.45, 7) is 16.8. The summed E-state index contributed by atoms with van der Waals surface area (Å²) in [6, 6.07) is 5.35. The van der Waals surface area contributed by atoms with Gasteiger partial charge in [-0.05, 0) is 39.9 Å². The molecule has 0 aliphatic heterocycles. The highest BCUT2D eigenvalue weighted by Gasteiger charge is 2.23. The summed E-state index contributed by atoms with van der Waals surface area (Å²) in [4.78, 5) is 23.4. The molecule has 1 amide bonds. The second-order valence-electron chi connectivity index (χ2n) is 9.66. The number of carbonyl (C=O) groups excluding carboxylic acids is 1. The molecule has 5 heteroatoms. The molecule has 1 aromatic carbocycles. The number of nitrogens with one attached hydrogen (secondary N) is 1. The quantitative estimate of drug-likeness (QED) is 0.731. The van der Waals surface area contributed by atoms with Gasteiger partial charge in [0.05, 0.1) is 0 Å². The molecule has 0 bridgehead atoms. The average molecular weight is 378 g/mol. The van der Waals surface area contributed by atoms with Crippen LogP contribution in [0.2, 0.25) is 0 Å². The van der Waals surface area contributed by atoms with Crippen molar-refractivity contribution < 1.29 is 19.4 Å². The number of hydrogen-bond acceptors (Lipinski definition) is 3. The lowest BCUT2D eigenvalue weighted by atomic mass is 9.79. The van der Waals surface area contributed by atoms with E-state index in [9.17, 15) is 14.7 Å². The van der Waals surface area contributed by atoms with Crippen molar-refractivity contribution in [3.05, 3.63) is 34.9 Å². The van der Waals surface area contributed by atoms with Crippen LogP contribution in [0.25, 0.3) is 0 Å². The summed E-state index contributed by atoms with van der Waals surface area (Å²) in [5.74, 6) is -0.894. The maximum atomic E-state index is 12.1. The van der Waals surface area contributed by atoms with Gasteiger partial charge in [-0.3, -0.25) is 0 Å². The molecule has 0 fully saturated rings. The maximum Gasteiger partial charge on any atom is 0.408 e. The molecule has 1 unspecified atom stereocenters. The summed E-state index contributed by atoms with van der Waals surface area (Å²) in [7, 11) is 0. The van der Waals surface area contributed by atoms with E-state index in [1.54, 1.807) is 0 Å². The Balaban J connectivity index is 2.92. The third-order valence-electron chi connectivity index (χ3n) is 4.39. The summed E-state index contributed by atoms with van der Waals surface area (Å²) in [5, 5.41) is 11.7. The maximum absolute atomic E-state index is 12.1. The number of carboxylic acid groups (broad SMARTS) is 1. The Hall–Kier alpha value is -2.04. The van der Waals surface area contributed by atoms with Crippen molar-refractivity contribution in [3.8, 4) is 0 Å². The first-order chi connectivity index (χ1) is 12.2. The molecule has 1 atom stereocenters. The third-order valence-corrected chi connectivity index (χ3v) is 4.39. The van der Waals surface area contributed by atoms with Gasteiger partial charge in [0.25, 0.3) is 0 Å². The van der Waals surface area contributed by atoms with Crippen LogP contribution in [0.4, 0.5) is 4.79 Å². The molecule has 0 aromatic heterocycles. The molecule has 0 saturated carbocycles. The van der Waals surface area contributed by atoms with Crippen LogP contribution in [0.3, 0.4) is 0 Å². The highest BCUT2D eigenvalue weighted by molar-refractivity contribution is 5.79. The Morgan fingerprint density at radius 2 is 1.48 bits per heavy atom. The zero-order valence-corrected chi connectivity index (χ0v) is 18.0. The molecule has 0 radical (unpaired) electrons. The normalized spacial score (nSPS) is 13.4. The Labute approximate surface area is 163 Å². The number of carboxylic acids is 1. The lowest BCUT2D eigenvalue weighted by Gasteiger charge is -2.26. The van der Waals surface area contributed by atoms with E-state index in [2.05, 4.69) is 52.9 Å². The lowest BCUT2D eigenvalue weighted by Crippen LogP contribution is -2.41. The van der Waals surface area contributed by atoms with Crippen molar-refractivity contribution in [3.63, 3.8) is 0 Å². The smallest absolute Gasteiger partial charge is 0.408 e. The van der Waals surface area contributed by atoms with Gasteiger partial charge < -0.3 is 15.2 Å². The highest BCUT2D eigenvalue weighted by atomic mass is 16.5.